The monoisotopic (exact) mass is 661 g/mol. The molecule has 3 atom stereocenters. The normalized spacial score (nSPS) is 21.1. The number of fused-ring (bicyclic) bond motifs is 1. The minimum atomic E-state index is -4.50. The number of benzene rings is 2. The Balaban J connectivity index is 1.03. The number of carbonyl (C=O) groups is 3. The van der Waals surface area contributed by atoms with Crippen molar-refractivity contribution in [3.8, 4) is 11.5 Å². The highest BCUT2D eigenvalue weighted by Crippen LogP contribution is 2.41. The van der Waals surface area contributed by atoms with Crippen molar-refractivity contribution >= 4 is 27.7 Å². The largest absolute Gasteiger partial charge is 0.457 e. The maximum Gasteiger partial charge on any atom is 0.416 e. The number of nitrogens with zero attached hydrogens (tertiary/aromatic N) is 1. The predicted octanol–water partition coefficient (Wildman–Crippen LogP) is 5.38. The van der Waals surface area contributed by atoms with E-state index in [4.69, 9.17) is 10.5 Å². The molecule has 2 saturated carbocycles. The number of hydrogen-bond acceptors (Lipinski definition) is 6. The summed E-state index contributed by atoms with van der Waals surface area (Å²) in [6, 6.07) is 8.77. The number of primary amides is 1. The highest BCUT2D eigenvalue weighted by molar-refractivity contribution is 7.90. The van der Waals surface area contributed by atoms with Crippen LogP contribution in [0.1, 0.15) is 74.5 Å². The minimum absolute atomic E-state index is 0.0318. The Morgan fingerprint density at radius 2 is 1.74 bits per heavy atom. The second kappa shape index (κ2) is 13.9. The van der Waals surface area contributed by atoms with Gasteiger partial charge in [-0.05, 0) is 85.9 Å². The molecule has 2 aromatic carbocycles. The van der Waals surface area contributed by atoms with Crippen LogP contribution in [0.5, 0.6) is 11.5 Å². The van der Waals surface area contributed by atoms with E-state index in [1.807, 2.05) is 12.2 Å². The number of rotatable bonds is 14. The zero-order valence-corrected chi connectivity index (χ0v) is 26.1. The lowest BCUT2D eigenvalue weighted by molar-refractivity contribution is -0.140. The Morgan fingerprint density at radius 1 is 1.00 bits per heavy atom. The van der Waals surface area contributed by atoms with Crippen molar-refractivity contribution in [2.24, 2.45) is 17.6 Å². The van der Waals surface area contributed by atoms with E-state index in [1.54, 1.807) is 18.2 Å². The van der Waals surface area contributed by atoms with Crippen LogP contribution in [-0.2, 0) is 43.5 Å². The van der Waals surface area contributed by atoms with E-state index in [0.717, 1.165) is 48.9 Å². The third kappa shape index (κ3) is 8.68. The van der Waals surface area contributed by atoms with Crippen LogP contribution >= 0.6 is 0 Å². The summed E-state index contributed by atoms with van der Waals surface area (Å²) >= 11 is 0. The second-order valence-electron chi connectivity index (χ2n) is 12.3. The average molecular weight is 662 g/mol. The fourth-order valence-corrected chi connectivity index (χ4v) is 7.08. The van der Waals surface area contributed by atoms with Gasteiger partial charge in [0.25, 0.3) is 0 Å². The summed E-state index contributed by atoms with van der Waals surface area (Å²) in [5, 5.41) is -0.416. The van der Waals surface area contributed by atoms with Crippen molar-refractivity contribution < 1.29 is 40.7 Å². The molecule has 3 N–H and O–H groups in total. The molecule has 0 aromatic heterocycles. The topological polar surface area (TPSA) is 136 Å². The molecule has 2 aliphatic carbocycles. The van der Waals surface area contributed by atoms with Crippen LogP contribution in [-0.4, -0.2) is 42.3 Å². The third-order valence-electron chi connectivity index (χ3n) is 8.63. The number of allylic oxidation sites excluding steroid dienone is 2. The van der Waals surface area contributed by atoms with Crippen molar-refractivity contribution in [3.05, 3.63) is 71.3 Å². The van der Waals surface area contributed by atoms with Gasteiger partial charge in [0.1, 0.15) is 17.5 Å². The van der Waals surface area contributed by atoms with Gasteiger partial charge < -0.3 is 15.4 Å². The van der Waals surface area contributed by atoms with Gasteiger partial charge in [-0.3, -0.25) is 19.1 Å². The van der Waals surface area contributed by atoms with Crippen LogP contribution in [0.25, 0.3) is 0 Å². The predicted molar refractivity (Wildman–Crippen MR) is 164 cm³/mol. The zero-order chi connectivity index (χ0) is 33.1. The number of nitrogens with two attached hydrogens (primary N) is 1. The van der Waals surface area contributed by atoms with Gasteiger partial charge >= 0.3 is 6.18 Å². The number of sulfonamides is 1. The number of carbonyl (C=O) groups excluding carboxylic acids is 3. The molecule has 1 unspecified atom stereocenters. The molecular formula is C33H38F3N3O6S. The maximum absolute atomic E-state index is 13.1. The standard InChI is InChI=1S/C33H38F3N3O6S/c34-33(35,36)24-9-7-10-25(19-24)45-26-13-12-22-20-39(29(31(37)41)18-23(22)16-26)30(40)11-6-4-2-1-3-5-8-21-17-28(21)32(42)38-46(43,44)27-14-15-27/h5,7-10,12-13,16,19,21,27-29H,1-4,6,11,14-15,17-18,20H2,(H2,37,41)(H,38,42)/b8-5-/t21-,28+,29?/m1/s1. The van der Waals surface area contributed by atoms with E-state index in [-0.39, 0.29) is 42.9 Å². The first-order valence-electron chi connectivity index (χ1n) is 15.6. The van der Waals surface area contributed by atoms with E-state index in [9.17, 15) is 36.0 Å². The zero-order valence-electron chi connectivity index (χ0n) is 25.3. The molecule has 9 nitrogen and oxygen atoms in total. The summed E-state index contributed by atoms with van der Waals surface area (Å²) in [4.78, 5) is 39.0. The van der Waals surface area contributed by atoms with Crippen LogP contribution in [0.3, 0.4) is 0 Å². The summed E-state index contributed by atoms with van der Waals surface area (Å²) in [5.41, 5.74) is 6.40. The van der Waals surface area contributed by atoms with Gasteiger partial charge in [-0.1, -0.05) is 37.1 Å². The molecule has 0 radical (unpaired) electrons. The van der Waals surface area contributed by atoms with Gasteiger partial charge in [0.2, 0.25) is 27.7 Å². The Hall–Kier alpha value is -3.87. The fourth-order valence-electron chi connectivity index (χ4n) is 5.72. The number of halogens is 3. The van der Waals surface area contributed by atoms with Gasteiger partial charge in [0.15, 0.2) is 0 Å². The summed E-state index contributed by atoms with van der Waals surface area (Å²) in [6.07, 6.45) is 5.98. The van der Waals surface area contributed by atoms with Crippen molar-refractivity contribution in [1.82, 2.24) is 9.62 Å². The van der Waals surface area contributed by atoms with Crippen molar-refractivity contribution in [1.29, 1.82) is 0 Å². The molecule has 0 spiro atoms. The van der Waals surface area contributed by atoms with Gasteiger partial charge in [-0.15, -0.1) is 0 Å². The van der Waals surface area contributed by atoms with Crippen LogP contribution in [0, 0.1) is 11.8 Å². The number of unbranched alkanes of at least 4 members (excludes halogenated alkanes) is 4. The summed E-state index contributed by atoms with van der Waals surface area (Å²) < 4.78 is 70.9. The van der Waals surface area contributed by atoms with E-state index in [1.165, 1.54) is 17.0 Å². The molecule has 3 amide bonds. The average Bonchev–Trinajstić information content (AvgIpc) is 3.92. The fraction of sp³-hybridized carbons (Fsp3) is 0.485. The first-order valence-corrected chi connectivity index (χ1v) is 17.1. The summed E-state index contributed by atoms with van der Waals surface area (Å²) in [7, 11) is -3.51. The van der Waals surface area contributed by atoms with Crippen LogP contribution < -0.4 is 15.2 Å². The lowest BCUT2D eigenvalue weighted by Gasteiger charge is -2.35. The lowest BCUT2D eigenvalue weighted by atomic mass is 9.92. The number of hydrogen-bond donors (Lipinski definition) is 2. The SMILES string of the molecule is NC(=O)C1Cc2cc(Oc3cccc(C(F)(F)F)c3)ccc2CN1C(=O)CCCCCC/C=C\[C@@H]1C[C@@H]1C(=O)NS(=O)(=O)C1CC1. The van der Waals surface area contributed by atoms with Crippen molar-refractivity contribution in [2.75, 3.05) is 0 Å². The molecule has 46 heavy (non-hydrogen) atoms. The highest BCUT2D eigenvalue weighted by Gasteiger charge is 2.45. The number of amides is 3. The number of nitrogens with one attached hydrogen (secondary N) is 1. The summed E-state index contributed by atoms with van der Waals surface area (Å²) in [5.74, 6) is -1.05. The molecule has 5 rings (SSSR count). The van der Waals surface area contributed by atoms with Gasteiger partial charge in [-0.2, -0.15) is 13.2 Å². The van der Waals surface area contributed by atoms with E-state index in [0.29, 0.717) is 31.4 Å². The molecule has 2 aromatic rings. The molecule has 248 valence electrons. The van der Waals surface area contributed by atoms with E-state index in [2.05, 4.69) is 4.72 Å². The first-order chi connectivity index (χ1) is 21.8. The van der Waals surface area contributed by atoms with Gasteiger partial charge in [0, 0.05) is 25.3 Å². The molecule has 2 fully saturated rings. The highest BCUT2D eigenvalue weighted by atomic mass is 32.2. The van der Waals surface area contributed by atoms with Gasteiger partial charge in [-0.25, -0.2) is 8.42 Å². The lowest BCUT2D eigenvalue weighted by Crippen LogP contribution is -2.51. The minimum Gasteiger partial charge on any atom is -0.457 e. The Kier molecular flexibility index (Phi) is 10.1. The van der Waals surface area contributed by atoms with Crippen LogP contribution in [0.15, 0.2) is 54.6 Å². The Labute approximate surface area is 266 Å². The number of ether oxygens (including phenoxy) is 1. The molecule has 3 aliphatic rings. The van der Waals surface area contributed by atoms with Crippen molar-refractivity contribution in [2.45, 2.75) is 88.2 Å². The smallest absolute Gasteiger partial charge is 0.416 e. The maximum atomic E-state index is 13.1. The molecule has 0 saturated heterocycles. The number of alkyl halides is 3. The van der Waals surface area contributed by atoms with E-state index >= 15 is 0 Å². The quantitative estimate of drug-likeness (QED) is 0.206. The Morgan fingerprint density at radius 3 is 2.46 bits per heavy atom. The second-order valence-corrected chi connectivity index (χ2v) is 14.3. The molecule has 1 heterocycles. The first kappa shape index (κ1) is 33.5. The molecule has 1 aliphatic heterocycles. The third-order valence-corrected chi connectivity index (χ3v) is 10.5. The molecular weight excluding hydrogens is 623 g/mol. The van der Waals surface area contributed by atoms with Crippen LogP contribution in [0.4, 0.5) is 13.2 Å². The molecule has 13 heteroatoms. The Bertz CT molecular complexity index is 1610. The summed E-state index contributed by atoms with van der Waals surface area (Å²) in [6.45, 7) is 0.198. The van der Waals surface area contributed by atoms with Crippen molar-refractivity contribution in [3.63, 3.8) is 0 Å². The van der Waals surface area contributed by atoms with Gasteiger partial charge in [0.05, 0.1) is 10.8 Å². The van der Waals surface area contributed by atoms with E-state index < -0.39 is 44.9 Å². The molecule has 0 bridgehead atoms. The van der Waals surface area contributed by atoms with Crippen LogP contribution in [0.2, 0.25) is 0 Å².